The van der Waals surface area contributed by atoms with Gasteiger partial charge in [-0.3, -0.25) is 19.7 Å². The first-order valence-corrected chi connectivity index (χ1v) is 8.02. The van der Waals surface area contributed by atoms with Crippen LogP contribution in [0.25, 0.3) is 0 Å². The summed E-state index contributed by atoms with van der Waals surface area (Å²) in [5.41, 5.74) is -0.382. The fourth-order valence-corrected chi connectivity index (χ4v) is 2.77. The molecule has 0 spiro atoms. The molecule has 1 heterocycles. The van der Waals surface area contributed by atoms with Crippen LogP contribution in [-0.2, 0) is 14.4 Å². The van der Waals surface area contributed by atoms with Gasteiger partial charge in [0.05, 0.1) is 5.75 Å². The first-order chi connectivity index (χ1) is 10.5. The summed E-state index contributed by atoms with van der Waals surface area (Å²) in [7, 11) is 0. The number of amides is 3. The Morgan fingerprint density at radius 1 is 1.23 bits per heavy atom. The van der Waals surface area contributed by atoms with E-state index >= 15 is 0 Å². The monoisotopic (exact) mass is 326 g/mol. The number of hydrogen-bond donors (Lipinski definition) is 4. The Morgan fingerprint density at radius 3 is 2.50 bits per heavy atom. The second kappa shape index (κ2) is 10.0. The molecule has 0 aromatic heterocycles. The molecule has 1 aliphatic heterocycles. The van der Waals surface area contributed by atoms with E-state index < -0.39 is 0 Å². The summed E-state index contributed by atoms with van der Waals surface area (Å²) in [5.74, 6) is -0.197. The molecular formula is C14H22N4O3S. The summed E-state index contributed by atoms with van der Waals surface area (Å²) in [5, 5.41) is 11.2. The van der Waals surface area contributed by atoms with Gasteiger partial charge in [-0.2, -0.15) is 0 Å². The Balaban J connectivity index is 2.37. The van der Waals surface area contributed by atoms with Gasteiger partial charge in [-0.15, -0.1) is 24.9 Å². The van der Waals surface area contributed by atoms with Gasteiger partial charge in [0, 0.05) is 32.0 Å². The molecule has 22 heavy (non-hydrogen) atoms. The van der Waals surface area contributed by atoms with Crippen LogP contribution in [0, 0.1) is 0 Å². The molecule has 0 aromatic rings. The number of carbonyl (C=O) groups is 3. The highest BCUT2D eigenvalue weighted by atomic mass is 32.2. The molecule has 2 atom stereocenters. The normalized spacial score (nSPS) is 20.6. The third kappa shape index (κ3) is 7.28. The molecule has 1 aliphatic rings. The molecule has 0 aromatic carbocycles. The standard InChI is InChI=1S/C14H22N4O3S/c1-3-5-15-11(19)7-10-8-12(20)18-14(17-10)22-9-13(21)16-6-4-2/h3-4,10,14,17H,1-2,5-9H2,(H,15,19)(H,16,21)(H,18,20). The average molecular weight is 326 g/mol. The van der Waals surface area contributed by atoms with Crippen LogP contribution < -0.4 is 21.3 Å². The third-order valence-corrected chi connectivity index (χ3v) is 3.83. The van der Waals surface area contributed by atoms with Crippen molar-refractivity contribution in [3.05, 3.63) is 25.3 Å². The van der Waals surface area contributed by atoms with Crippen LogP contribution in [0.2, 0.25) is 0 Å². The van der Waals surface area contributed by atoms with E-state index in [2.05, 4.69) is 34.4 Å². The van der Waals surface area contributed by atoms with Gasteiger partial charge in [0.25, 0.3) is 0 Å². The van der Waals surface area contributed by atoms with E-state index in [1.54, 1.807) is 12.2 Å². The number of nitrogens with one attached hydrogen (secondary N) is 4. The van der Waals surface area contributed by atoms with E-state index in [0.717, 1.165) is 0 Å². The van der Waals surface area contributed by atoms with Gasteiger partial charge in [0.1, 0.15) is 5.50 Å². The lowest BCUT2D eigenvalue weighted by molar-refractivity contribution is -0.125. The number of hydrogen-bond acceptors (Lipinski definition) is 5. The van der Waals surface area contributed by atoms with Crippen molar-refractivity contribution in [1.82, 2.24) is 21.3 Å². The molecule has 0 saturated carbocycles. The smallest absolute Gasteiger partial charge is 0.230 e. The van der Waals surface area contributed by atoms with Crippen LogP contribution >= 0.6 is 11.8 Å². The maximum atomic E-state index is 11.7. The van der Waals surface area contributed by atoms with Crippen LogP contribution in [0.4, 0.5) is 0 Å². The van der Waals surface area contributed by atoms with Gasteiger partial charge in [-0.25, -0.2) is 0 Å². The second-order valence-corrected chi connectivity index (χ2v) is 5.81. The molecule has 7 nitrogen and oxygen atoms in total. The largest absolute Gasteiger partial charge is 0.353 e. The lowest BCUT2D eigenvalue weighted by atomic mass is 10.1. The molecule has 4 N–H and O–H groups in total. The van der Waals surface area contributed by atoms with Crippen molar-refractivity contribution in [1.29, 1.82) is 0 Å². The fourth-order valence-electron chi connectivity index (χ4n) is 1.84. The molecule has 8 heteroatoms. The van der Waals surface area contributed by atoms with E-state index in [4.69, 9.17) is 0 Å². The zero-order chi connectivity index (χ0) is 16.4. The first-order valence-electron chi connectivity index (χ1n) is 6.97. The summed E-state index contributed by atoms with van der Waals surface area (Å²) >= 11 is 1.27. The van der Waals surface area contributed by atoms with Gasteiger partial charge >= 0.3 is 0 Å². The molecule has 2 unspecified atom stereocenters. The number of carbonyl (C=O) groups excluding carboxylic acids is 3. The van der Waals surface area contributed by atoms with Crippen molar-refractivity contribution in [2.75, 3.05) is 18.8 Å². The Bertz CT molecular complexity index is 442. The summed E-state index contributed by atoms with van der Waals surface area (Å²) < 4.78 is 0. The molecule has 1 rings (SSSR count). The van der Waals surface area contributed by atoms with Gasteiger partial charge in [0.15, 0.2) is 0 Å². The minimum Gasteiger partial charge on any atom is -0.353 e. The molecule has 0 radical (unpaired) electrons. The highest BCUT2D eigenvalue weighted by Crippen LogP contribution is 2.13. The highest BCUT2D eigenvalue weighted by molar-refractivity contribution is 8.00. The lowest BCUT2D eigenvalue weighted by Crippen LogP contribution is -2.56. The Hall–Kier alpha value is -1.80. The molecule has 122 valence electrons. The first kappa shape index (κ1) is 18.2. The molecule has 3 amide bonds. The zero-order valence-electron chi connectivity index (χ0n) is 12.4. The predicted octanol–water partition coefficient (Wildman–Crippen LogP) is -0.524. The summed E-state index contributed by atoms with van der Waals surface area (Å²) in [4.78, 5) is 34.8. The van der Waals surface area contributed by atoms with Crippen molar-refractivity contribution in [3.8, 4) is 0 Å². The minimum absolute atomic E-state index is 0.133. The quantitative estimate of drug-likeness (QED) is 0.427. The van der Waals surface area contributed by atoms with Gasteiger partial charge < -0.3 is 16.0 Å². The van der Waals surface area contributed by atoms with Crippen molar-refractivity contribution >= 4 is 29.5 Å². The third-order valence-electron chi connectivity index (χ3n) is 2.81. The maximum absolute atomic E-state index is 11.7. The van der Waals surface area contributed by atoms with Crippen molar-refractivity contribution in [2.45, 2.75) is 24.4 Å². The molecule has 0 bridgehead atoms. The van der Waals surface area contributed by atoms with Crippen LogP contribution in [0.3, 0.4) is 0 Å². The Morgan fingerprint density at radius 2 is 1.86 bits per heavy atom. The second-order valence-electron chi connectivity index (χ2n) is 4.72. The van der Waals surface area contributed by atoms with E-state index in [1.807, 2.05) is 0 Å². The molecule has 1 saturated heterocycles. The SMILES string of the molecule is C=CCNC(=O)CSC1NC(=O)CC(CC(=O)NCC=C)N1. The van der Waals surface area contributed by atoms with Crippen molar-refractivity contribution in [2.24, 2.45) is 0 Å². The van der Waals surface area contributed by atoms with E-state index in [-0.39, 0.29) is 47.9 Å². The van der Waals surface area contributed by atoms with Crippen molar-refractivity contribution in [3.63, 3.8) is 0 Å². The summed E-state index contributed by atoms with van der Waals surface area (Å²) in [6.45, 7) is 7.86. The van der Waals surface area contributed by atoms with Crippen LogP contribution in [0.15, 0.2) is 25.3 Å². The van der Waals surface area contributed by atoms with E-state index in [1.165, 1.54) is 11.8 Å². The number of thioether (sulfide) groups is 1. The minimum atomic E-state index is -0.382. The van der Waals surface area contributed by atoms with Crippen LogP contribution in [0.1, 0.15) is 12.8 Å². The fraction of sp³-hybridized carbons (Fsp3) is 0.500. The molecule has 1 fully saturated rings. The van der Waals surface area contributed by atoms with Crippen LogP contribution in [0.5, 0.6) is 0 Å². The zero-order valence-corrected chi connectivity index (χ0v) is 13.2. The Labute approximate surface area is 134 Å². The Kier molecular flexibility index (Phi) is 8.31. The van der Waals surface area contributed by atoms with Crippen LogP contribution in [-0.4, -0.2) is 48.1 Å². The van der Waals surface area contributed by atoms with Crippen molar-refractivity contribution < 1.29 is 14.4 Å². The topological polar surface area (TPSA) is 99.3 Å². The molecular weight excluding hydrogens is 304 g/mol. The average Bonchev–Trinajstić information content (AvgIpc) is 2.48. The van der Waals surface area contributed by atoms with E-state index in [0.29, 0.717) is 13.1 Å². The number of rotatable bonds is 9. The van der Waals surface area contributed by atoms with E-state index in [9.17, 15) is 14.4 Å². The van der Waals surface area contributed by atoms with Gasteiger partial charge in [-0.05, 0) is 0 Å². The van der Waals surface area contributed by atoms with Gasteiger partial charge in [0.2, 0.25) is 17.7 Å². The summed E-state index contributed by atoms with van der Waals surface area (Å²) in [6.07, 6.45) is 3.64. The lowest BCUT2D eigenvalue weighted by Gasteiger charge is -2.30. The maximum Gasteiger partial charge on any atom is 0.230 e. The summed E-state index contributed by atoms with van der Waals surface area (Å²) in [6, 6.07) is -0.243. The predicted molar refractivity (Wildman–Crippen MR) is 87.0 cm³/mol. The highest BCUT2D eigenvalue weighted by Gasteiger charge is 2.27. The molecule has 0 aliphatic carbocycles. The van der Waals surface area contributed by atoms with Gasteiger partial charge in [-0.1, -0.05) is 12.2 Å².